The van der Waals surface area contributed by atoms with Crippen molar-refractivity contribution in [2.45, 2.75) is 387 Å². The number of phosphoric ester groups is 2. The molecule has 0 saturated carbocycles. The Labute approximate surface area is 556 Å². The summed E-state index contributed by atoms with van der Waals surface area (Å²) < 4.78 is 68.1. The van der Waals surface area contributed by atoms with Gasteiger partial charge in [0.05, 0.1) is 26.4 Å². The van der Waals surface area contributed by atoms with Gasteiger partial charge in [0.15, 0.2) is 12.2 Å². The summed E-state index contributed by atoms with van der Waals surface area (Å²) in [4.78, 5) is 72.3. The minimum atomic E-state index is -4.95. The fourth-order valence-corrected chi connectivity index (χ4v) is 12.5. The molecule has 0 bridgehead atoms. The van der Waals surface area contributed by atoms with Gasteiger partial charge in [0.1, 0.15) is 19.3 Å². The third-order valence-corrected chi connectivity index (χ3v) is 19.0. The first-order chi connectivity index (χ1) is 43.9. The molecule has 19 heteroatoms. The molecule has 91 heavy (non-hydrogen) atoms. The summed E-state index contributed by atoms with van der Waals surface area (Å²) in [6.07, 6.45) is 50.6. The summed E-state index contributed by atoms with van der Waals surface area (Å²) in [7, 11) is -9.89. The average molecular weight is 1340 g/mol. The van der Waals surface area contributed by atoms with Crippen molar-refractivity contribution < 1.29 is 80.2 Å². The van der Waals surface area contributed by atoms with Crippen LogP contribution in [0.4, 0.5) is 0 Å². The molecule has 0 spiro atoms. The third kappa shape index (κ3) is 65.1. The van der Waals surface area contributed by atoms with Crippen LogP contribution in [0.25, 0.3) is 0 Å². The summed E-state index contributed by atoms with van der Waals surface area (Å²) in [5.74, 6) is -0.634. The first-order valence-electron chi connectivity index (χ1n) is 37.5. The maximum atomic E-state index is 13.1. The zero-order valence-corrected chi connectivity index (χ0v) is 60.9. The van der Waals surface area contributed by atoms with Crippen LogP contribution in [0.3, 0.4) is 0 Å². The molecule has 0 aromatic carbocycles. The Bertz CT molecular complexity index is 1770. The molecular formula is C72H140O17P2. The van der Waals surface area contributed by atoms with Gasteiger partial charge in [0.2, 0.25) is 0 Å². The Morgan fingerprint density at radius 1 is 0.319 bits per heavy atom. The molecule has 0 saturated heterocycles. The number of phosphoric acid groups is 2. The quantitative estimate of drug-likeness (QED) is 0.0222. The molecule has 0 rings (SSSR count). The van der Waals surface area contributed by atoms with E-state index in [9.17, 15) is 43.2 Å². The highest BCUT2D eigenvalue weighted by atomic mass is 31.2. The van der Waals surface area contributed by atoms with Crippen molar-refractivity contribution in [1.82, 2.24) is 0 Å². The summed E-state index contributed by atoms with van der Waals surface area (Å²) >= 11 is 0. The van der Waals surface area contributed by atoms with Gasteiger partial charge in [-0.05, 0) is 37.5 Å². The number of hydrogen-bond acceptors (Lipinski definition) is 15. The first-order valence-corrected chi connectivity index (χ1v) is 40.5. The lowest BCUT2D eigenvalue weighted by Gasteiger charge is -2.21. The van der Waals surface area contributed by atoms with Crippen molar-refractivity contribution in [3.8, 4) is 0 Å². The van der Waals surface area contributed by atoms with Crippen LogP contribution in [-0.2, 0) is 65.4 Å². The second-order valence-electron chi connectivity index (χ2n) is 26.7. The Kier molecular flexibility index (Phi) is 62.7. The topological polar surface area (TPSA) is 237 Å². The number of hydrogen-bond donors (Lipinski definition) is 3. The highest BCUT2D eigenvalue weighted by Gasteiger charge is 2.30. The van der Waals surface area contributed by atoms with Gasteiger partial charge in [-0.25, -0.2) is 9.13 Å². The van der Waals surface area contributed by atoms with Crippen molar-refractivity contribution in [3.63, 3.8) is 0 Å². The van der Waals surface area contributed by atoms with Crippen LogP contribution in [0.2, 0.25) is 0 Å². The second-order valence-corrected chi connectivity index (χ2v) is 29.6. The number of esters is 4. The van der Waals surface area contributed by atoms with Crippen LogP contribution >= 0.6 is 15.6 Å². The molecule has 540 valence electrons. The number of ether oxygens (including phenoxy) is 4. The molecule has 0 aliphatic carbocycles. The smallest absolute Gasteiger partial charge is 0.462 e. The molecule has 17 nitrogen and oxygen atoms in total. The van der Waals surface area contributed by atoms with Gasteiger partial charge in [-0.2, -0.15) is 0 Å². The van der Waals surface area contributed by atoms with E-state index in [0.717, 1.165) is 108 Å². The average Bonchev–Trinajstić information content (AvgIpc) is 3.11. The monoisotopic (exact) mass is 1340 g/mol. The van der Waals surface area contributed by atoms with Gasteiger partial charge in [-0.1, -0.05) is 318 Å². The van der Waals surface area contributed by atoms with Gasteiger partial charge < -0.3 is 33.8 Å². The van der Waals surface area contributed by atoms with E-state index in [0.29, 0.717) is 25.7 Å². The highest BCUT2D eigenvalue weighted by Crippen LogP contribution is 2.45. The second kappa shape index (κ2) is 64.1. The first kappa shape index (κ1) is 89.1. The van der Waals surface area contributed by atoms with Crippen molar-refractivity contribution in [1.29, 1.82) is 0 Å². The summed E-state index contributed by atoms with van der Waals surface area (Å²) in [5.41, 5.74) is 0. The van der Waals surface area contributed by atoms with E-state index < -0.39 is 97.5 Å². The molecule has 3 N–H and O–H groups in total. The van der Waals surface area contributed by atoms with Crippen molar-refractivity contribution in [2.24, 2.45) is 11.8 Å². The van der Waals surface area contributed by atoms with Crippen LogP contribution in [0.15, 0.2) is 0 Å². The molecule has 0 aromatic heterocycles. The molecule has 0 aliphatic rings. The van der Waals surface area contributed by atoms with Gasteiger partial charge in [0, 0.05) is 25.7 Å². The van der Waals surface area contributed by atoms with Gasteiger partial charge in [-0.3, -0.25) is 37.3 Å². The number of carbonyl (C=O) groups is 4. The lowest BCUT2D eigenvalue weighted by Crippen LogP contribution is -2.30. The normalized spacial score (nSPS) is 14.4. The molecule has 0 aliphatic heterocycles. The fraction of sp³-hybridized carbons (Fsp3) is 0.944. The number of carbonyl (C=O) groups excluding carboxylic acids is 4. The minimum absolute atomic E-state index is 0.102. The minimum Gasteiger partial charge on any atom is -0.462 e. The van der Waals surface area contributed by atoms with Crippen LogP contribution in [0.5, 0.6) is 0 Å². The highest BCUT2D eigenvalue weighted by molar-refractivity contribution is 7.47. The third-order valence-electron chi connectivity index (χ3n) is 17.1. The van der Waals surface area contributed by atoms with Crippen LogP contribution < -0.4 is 0 Å². The van der Waals surface area contributed by atoms with E-state index in [2.05, 4.69) is 41.5 Å². The SMILES string of the molecule is CCCCCCCCCCCCCCCCCCCCCCCC(=O)O[C@H](COC(=O)CCCCCCCCCCCCCCC(C)C)COP(=O)(O)OC[C@@H](O)COP(=O)(O)OC[C@@H](COC(=O)CCCCCCC)OC(=O)CCCCCCCCC(C)CC. The van der Waals surface area contributed by atoms with E-state index in [-0.39, 0.29) is 25.7 Å². The molecule has 0 fully saturated rings. The van der Waals surface area contributed by atoms with E-state index in [1.54, 1.807) is 0 Å². The van der Waals surface area contributed by atoms with Gasteiger partial charge >= 0.3 is 39.5 Å². The Morgan fingerprint density at radius 3 is 0.835 bits per heavy atom. The lowest BCUT2D eigenvalue weighted by molar-refractivity contribution is -0.161. The standard InChI is InChI=1S/C72H140O17P2/c1-7-10-12-14-15-16-17-18-19-20-21-22-23-24-25-26-31-34-37-44-50-56-71(76)88-68(61-83-70(75)55-49-43-36-33-30-28-27-29-32-35-41-46-52-64(4)5)63-87-91(80,81)85-59-66(73)58-84-90(78,79)86-62-67(60-82-69(74)54-48-40-13-11-8-2)89-72(77)57-51-45-39-38-42-47-53-65(6)9-3/h64-68,73H,7-63H2,1-6H3,(H,78,79)(H,80,81)/t65?,66-,67+,68+/m0/s1. The van der Waals surface area contributed by atoms with E-state index in [1.165, 1.54) is 180 Å². The van der Waals surface area contributed by atoms with E-state index >= 15 is 0 Å². The Morgan fingerprint density at radius 2 is 0.560 bits per heavy atom. The van der Waals surface area contributed by atoms with Crippen LogP contribution in [0, 0.1) is 11.8 Å². The maximum Gasteiger partial charge on any atom is 0.472 e. The molecular weight excluding hydrogens is 1200 g/mol. The number of aliphatic hydroxyl groups is 1. The van der Waals surface area contributed by atoms with E-state index in [4.69, 9.17) is 37.0 Å². The van der Waals surface area contributed by atoms with E-state index in [1.807, 2.05) is 0 Å². The number of rotatable bonds is 71. The predicted molar refractivity (Wildman–Crippen MR) is 368 cm³/mol. The zero-order chi connectivity index (χ0) is 67.2. The Hall–Kier alpha value is -1.94. The number of aliphatic hydroxyl groups excluding tert-OH is 1. The Balaban J connectivity index is 5.12. The zero-order valence-electron chi connectivity index (χ0n) is 59.1. The van der Waals surface area contributed by atoms with Crippen molar-refractivity contribution in [3.05, 3.63) is 0 Å². The number of unbranched alkanes of at least 4 members (excludes halogenated alkanes) is 40. The molecule has 0 radical (unpaired) electrons. The molecule has 0 amide bonds. The molecule has 3 unspecified atom stereocenters. The largest absolute Gasteiger partial charge is 0.472 e. The van der Waals surface area contributed by atoms with Gasteiger partial charge in [0.25, 0.3) is 0 Å². The molecule has 0 heterocycles. The van der Waals surface area contributed by atoms with Crippen LogP contribution in [-0.4, -0.2) is 96.7 Å². The van der Waals surface area contributed by atoms with Crippen LogP contribution in [0.1, 0.15) is 369 Å². The fourth-order valence-electron chi connectivity index (χ4n) is 10.9. The lowest BCUT2D eigenvalue weighted by atomic mass is 10.00. The van der Waals surface area contributed by atoms with Crippen molar-refractivity contribution >= 4 is 39.5 Å². The summed E-state index contributed by atoms with van der Waals surface area (Å²) in [6, 6.07) is 0. The predicted octanol–water partition coefficient (Wildman–Crippen LogP) is 20.8. The van der Waals surface area contributed by atoms with Gasteiger partial charge in [-0.15, -0.1) is 0 Å². The van der Waals surface area contributed by atoms with Crippen molar-refractivity contribution in [2.75, 3.05) is 39.6 Å². The summed E-state index contributed by atoms with van der Waals surface area (Å²) in [6.45, 7) is 9.43. The maximum absolute atomic E-state index is 13.1. The molecule has 0 aromatic rings. The summed E-state index contributed by atoms with van der Waals surface area (Å²) in [5, 5.41) is 10.6. The molecule has 6 atom stereocenters.